The fraction of sp³-hybridized carbons (Fsp3) is 0.214. The lowest BCUT2D eigenvalue weighted by Gasteiger charge is -2.13. The van der Waals surface area contributed by atoms with Gasteiger partial charge in [0, 0.05) is 22.6 Å². The SMILES string of the molecule is CC(Cc1ccco1)NC(=O)c1ccc(Br)cc1N. The highest BCUT2D eigenvalue weighted by Gasteiger charge is 2.13. The number of hydrogen-bond acceptors (Lipinski definition) is 3. The first-order valence-electron chi connectivity index (χ1n) is 5.94. The fourth-order valence-corrected chi connectivity index (χ4v) is 2.20. The van der Waals surface area contributed by atoms with E-state index in [1.807, 2.05) is 19.1 Å². The van der Waals surface area contributed by atoms with Crippen molar-refractivity contribution in [3.8, 4) is 0 Å². The molecule has 1 amide bonds. The molecule has 0 radical (unpaired) electrons. The van der Waals surface area contributed by atoms with Gasteiger partial charge in [-0.3, -0.25) is 4.79 Å². The van der Waals surface area contributed by atoms with Gasteiger partial charge in [-0.2, -0.15) is 0 Å². The standard InChI is InChI=1S/C14H15BrN2O2/c1-9(7-11-3-2-6-19-11)17-14(18)12-5-4-10(15)8-13(12)16/h2-6,8-9H,7,16H2,1H3,(H,17,18). The smallest absolute Gasteiger partial charge is 0.253 e. The minimum Gasteiger partial charge on any atom is -0.469 e. The van der Waals surface area contributed by atoms with Gasteiger partial charge in [-0.05, 0) is 37.3 Å². The van der Waals surface area contributed by atoms with Crippen molar-refractivity contribution >= 4 is 27.5 Å². The highest BCUT2D eigenvalue weighted by atomic mass is 79.9. The molecule has 1 aromatic heterocycles. The Morgan fingerprint density at radius 3 is 2.89 bits per heavy atom. The molecule has 0 aliphatic rings. The molecule has 0 bridgehead atoms. The molecule has 100 valence electrons. The Balaban J connectivity index is 2.00. The van der Waals surface area contributed by atoms with Crippen LogP contribution in [0.4, 0.5) is 5.69 Å². The molecule has 1 heterocycles. The number of benzene rings is 1. The van der Waals surface area contributed by atoms with Gasteiger partial charge in [0.15, 0.2) is 0 Å². The summed E-state index contributed by atoms with van der Waals surface area (Å²) in [5.41, 5.74) is 6.76. The van der Waals surface area contributed by atoms with E-state index in [0.29, 0.717) is 17.7 Å². The predicted molar refractivity (Wildman–Crippen MR) is 77.9 cm³/mol. The zero-order chi connectivity index (χ0) is 13.8. The maximum Gasteiger partial charge on any atom is 0.253 e. The first kappa shape index (κ1) is 13.7. The molecule has 1 aromatic carbocycles. The van der Waals surface area contributed by atoms with Crippen LogP contribution in [-0.2, 0) is 6.42 Å². The van der Waals surface area contributed by atoms with Crippen molar-refractivity contribution in [1.29, 1.82) is 0 Å². The number of furan rings is 1. The number of nitrogens with one attached hydrogen (secondary N) is 1. The van der Waals surface area contributed by atoms with Gasteiger partial charge >= 0.3 is 0 Å². The van der Waals surface area contributed by atoms with Crippen LogP contribution in [0.5, 0.6) is 0 Å². The van der Waals surface area contributed by atoms with E-state index in [9.17, 15) is 4.79 Å². The van der Waals surface area contributed by atoms with Crippen LogP contribution in [0.25, 0.3) is 0 Å². The van der Waals surface area contributed by atoms with E-state index in [4.69, 9.17) is 10.2 Å². The first-order chi connectivity index (χ1) is 9.06. The number of nitrogens with two attached hydrogens (primary N) is 1. The van der Waals surface area contributed by atoms with E-state index in [1.165, 1.54) is 0 Å². The molecule has 0 saturated carbocycles. The van der Waals surface area contributed by atoms with E-state index in [1.54, 1.807) is 24.5 Å². The highest BCUT2D eigenvalue weighted by Crippen LogP contribution is 2.18. The van der Waals surface area contributed by atoms with Crippen LogP contribution in [0.15, 0.2) is 45.5 Å². The van der Waals surface area contributed by atoms with Gasteiger partial charge in [-0.15, -0.1) is 0 Å². The van der Waals surface area contributed by atoms with E-state index in [0.717, 1.165) is 10.2 Å². The fourth-order valence-electron chi connectivity index (χ4n) is 1.82. The Bertz CT molecular complexity index is 567. The van der Waals surface area contributed by atoms with Gasteiger partial charge in [-0.25, -0.2) is 0 Å². The van der Waals surface area contributed by atoms with Crippen molar-refractivity contribution in [1.82, 2.24) is 5.32 Å². The summed E-state index contributed by atoms with van der Waals surface area (Å²) in [5, 5.41) is 2.90. The second-order valence-electron chi connectivity index (χ2n) is 4.39. The molecular weight excluding hydrogens is 308 g/mol. The third-order valence-corrected chi connectivity index (χ3v) is 3.22. The average molecular weight is 323 g/mol. The number of halogens is 1. The molecule has 0 aliphatic heterocycles. The summed E-state index contributed by atoms with van der Waals surface area (Å²) in [6.45, 7) is 1.93. The van der Waals surface area contributed by atoms with E-state index < -0.39 is 0 Å². The van der Waals surface area contributed by atoms with E-state index in [2.05, 4.69) is 21.2 Å². The largest absolute Gasteiger partial charge is 0.469 e. The molecule has 0 fully saturated rings. The van der Waals surface area contributed by atoms with Crippen LogP contribution < -0.4 is 11.1 Å². The molecule has 0 aliphatic carbocycles. The number of nitrogen functional groups attached to an aromatic ring is 1. The van der Waals surface area contributed by atoms with Crippen LogP contribution in [0.1, 0.15) is 23.0 Å². The predicted octanol–water partition coefficient (Wildman–Crippen LogP) is 2.99. The number of carbonyl (C=O) groups is 1. The first-order valence-corrected chi connectivity index (χ1v) is 6.74. The Morgan fingerprint density at radius 2 is 2.26 bits per heavy atom. The van der Waals surface area contributed by atoms with Crippen molar-refractivity contribution < 1.29 is 9.21 Å². The van der Waals surface area contributed by atoms with Crippen LogP contribution in [0.3, 0.4) is 0 Å². The quantitative estimate of drug-likeness (QED) is 0.850. The second-order valence-corrected chi connectivity index (χ2v) is 5.31. The maximum absolute atomic E-state index is 12.1. The third-order valence-electron chi connectivity index (χ3n) is 2.72. The van der Waals surface area contributed by atoms with Crippen LogP contribution in [-0.4, -0.2) is 11.9 Å². The summed E-state index contributed by atoms with van der Waals surface area (Å²) in [6.07, 6.45) is 2.27. The maximum atomic E-state index is 12.1. The van der Waals surface area contributed by atoms with Crippen molar-refractivity contribution in [2.75, 3.05) is 5.73 Å². The lowest BCUT2D eigenvalue weighted by atomic mass is 10.1. The third kappa shape index (κ3) is 3.61. The number of amides is 1. The Labute approximate surface area is 120 Å². The minimum absolute atomic E-state index is 0.0262. The molecule has 19 heavy (non-hydrogen) atoms. The van der Waals surface area contributed by atoms with E-state index >= 15 is 0 Å². The zero-order valence-electron chi connectivity index (χ0n) is 10.5. The van der Waals surface area contributed by atoms with Crippen molar-refractivity contribution in [3.05, 3.63) is 52.4 Å². The normalized spacial score (nSPS) is 12.1. The lowest BCUT2D eigenvalue weighted by molar-refractivity contribution is 0.0940. The Morgan fingerprint density at radius 1 is 1.47 bits per heavy atom. The van der Waals surface area contributed by atoms with Crippen molar-refractivity contribution in [2.24, 2.45) is 0 Å². The average Bonchev–Trinajstić information content (AvgIpc) is 2.81. The van der Waals surface area contributed by atoms with Gasteiger partial charge in [0.2, 0.25) is 0 Å². The van der Waals surface area contributed by atoms with Crippen molar-refractivity contribution in [2.45, 2.75) is 19.4 Å². The summed E-state index contributed by atoms with van der Waals surface area (Å²) in [4.78, 5) is 12.1. The topological polar surface area (TPSA) is 68.3 Å². The monoisotopic (exact) mass is 322 g/mol. The van der Waals surface area contributed by atoms with Crippen LogP contribution >= 0.6 is 15.9 Å². The molecule has 5 heteroatoms. The van der Waals surface area contributed by atoms with Gasteiger partial charge in [0.05, 0.1) is 11.8 Å². The van der Waals surface area contributed by atoms with Crippen LogP contribution in [0.2, 0.25) is 0 Å². The summed E-state index contributed by atoms with van der Waals surface area (Å²) in [7, 11) is 0. The van der Waals surface area contributed by atoms with Crippen molar-refractivity contribution in [3.63, 3.8) is 0 Å². The molecule has 0 saturated heterocycles. The number of rotatable bonds is 4. The molecule has 1 atom stereocenters. The number of carbonyl (C=O) groups excluding carboxylic acids is 1. The molecular formula is C14H15BrN2O2. The molecule has 2 rings (SSSR count). The summed E-state index contributed by atoms with van der Waals surface area (Å²) in [6, 6.07) is 8.90. The minimum atomic E-state index is -0.177. The lowest BCUT2D eigenvalue weighted by Crippen LogP contribution is -2.34. The summed E-state index contributed by atoms with van der Waals surface area (Å²) >= 11 is 3.31. The number of hydrogen-bond donors (Lipinski definition) is 2. The molecule has 1 unspecified atom stereocenters. The Kier molecular flexibility index (Phi) is 4.27. The number of anilines is 1. The molecule has 2 aromatic rings. The second kappa shape index (κ2) is 5.93. The summed E-state index contributed by atoms with van der Waals surface area (Å²) < 4.78 is 6.10. The zero-order valence-corrected chi connectivity index (χ0v) is 12.1. The van der Waals surface area contributed by atoms with Gasteiger partial charge in [-0.1, -0.05) is 15.9 Å². The van der Waals surface area contributed by atoms with Gasteiger partial charge < -0.3 is 15.5 Å². The molecule has 0 spiro atoms. The van der Waals surface area contributed by atoms with E-state index in [-0.39, 0.29) is 11.9 Å². The molecule has 4 nitrogen and oxygen atoms in total. The Hall–Kier alpha value is -1.75. The van der Waals surface area contributed by atoms with Crippen LogP contribution in [0, 0.1) is 0 Å². The summed E-state index contributed by atoms with van der Waals surface area (Å²) in [5.74, 6) is 0.667. The van der Waals surface area contributed by atoms with Gasteiger partial charge in [0.25, 0.3) is 5.91 Å². The van der Waals surface area contributed by atoms with Gasteiger partial charge in [0.1, 0.15) is 5.76 Å². The highest BCUT2D eigenvalue weighted by molar-refractivity contribution is 9.10. The molecule has 3 N–H and O–H groups in total.